The molecule has 0 aromatic heterocycles. The third-order valence-corrected chi connectivity index (χ3v) is 4.98. The molecule has 0 saturated heterocycles. The fraction of sp³-hybridized carbons (Fsp3) is 0.900. The lowest BCUT2D eigenvalue weighted by Gasteiger charge is -2.47. The molecule has 1 nitrogen and oxygen atoms in total. The van der Waals surface area contributed by atoms with E-state index >= 15 is 0 Å². The molecule has 0 aromatic carbocycles. The molecule has 58 valence electrons. The molecule has 0 aromatic rings. The lowest BCUT2D eigenvalue weighted by Crippen LogP contribution is -2.44. The minimum Gasteiger partial charge on any atom is -0.299 e. The third-order valence-electron chi connectivity index (χ3n) is 4.98. The van der Waals surface area contributed by atoms with Crippen LogP contribution in [0.25, 0.3) is 0 Å². The molecule has 0 N–H and O–H groups in total. The van der Waals surface area contributed by atoms with Gasteiger partial charge in [0.1, 0.15) is 5.78 Å². The Morgan fingerprint density at radius 3 is 2.64 bits per heavy atom. The molecule has 11 heavy (non-hydrogen) atoms. The van der Waals surface area contributed by atoms with Crippen molar-refractivity contribution in [2.75, 3.05) is 0 Å². The second-order valence-corrected chi connectivity index (χ2v) is 4.92. The van der Waals surface area contributed by atoms with Gasteiger partial charge in [0.25, 0.3) is 0 Å². The average Bonchev–Trinajstić information content (AvgIpc) is 2.45. The van der Waals surface area contributed by atoms with Gasteiger partial charge in [-0.05, 0) is 42.9 Å². The largest absolute Gasteiger partial charge is 0.299 e. The van der Waals surface area contributed by atoms with Crippen LogP contribution in [0.1, 0.15) is 19.3 Å². The third kappa shape index (κ3) is 0.344. The molecule has 0 aliphatic heterocycles. The van der Waals surface area contributed by atoms with Gasteiger partial charge < -0.3 is 0 Å². The summed E-state index contributed by atoms with van der Waals surface area (Å²) in [5.41, 5.74) is 0. The van der Waals surface area contributed by atoms with Gasteiger partial charge in [0, 0.05) is 11.8 Å². The van der Waals surface area contributed by atoms with Crippen molar-refractivity contribution >= 4 is 5.78 Å². The van der Waals surface area contributed by atoms with E-state index < -0.39 is 0 Å². The number of Topliss-reactive ketones (excluding diaryl/α,β-unsaturated/α-hetero) is 1. The van der Waals surface area contributed by atoms with Gasteiger partial charge in [-0.2, -0.15) is 0 Å². The number of ketones is 1. The Labute approximate surface area is 66.2 Å². The van der Waals surface area contributed by atoms with E-state index in [1.807, 2.05) is 0 Å². The van der Waals surface area contributed by atoms with E-state index in [9.17, 15) is 4.79 Å². The quantitative estimate of drug-likeness (QED) is 0.508. The summed E-state index contributed by atoms with van der Waals surface area (Å²) in [4.78, 5) is 11.6. The highest BCUT2D eigenvalue weighted by Gasteiger charge is 2.72. The molecule has 0 spiro atoms. The predicted octanol–water partition coefficient (Wildman–Crippen LogP) is 1.48. The highest BCUT2D eigenvalue weighted by Crippen LogP contribution is 2.72. The summed E-state index contributed by atoms with van der Waals surface area (Å²) in [7, 11) is 0. The van der Waals surface area contributed by atoms with Gasteiger partial charge in [-0.25, -0.2) is 0 Å². The summed E-state index contributed by atoms with van der Waals surface area (Å²) in [6.45, 7) is 0. The molecular weight excluding hydrogens is 136 g/mol. The topological polar surface area (TPSA) is 17.1 Å². The minimum atomic E-state index is 0.550. The second-order valence-electron chi connectivity index (χ2n) is 4.92. The van der Waals surface area contributed by atoms with Crippen molar-refractivity contribution in [3.05, 3.63) is 0 Å². The Bertz CT molecular complexity index is 250. The Kier molecular flexibility index (Phi) is 0.630. The van der Waals surface area contributed by atoms with Crippen LogP contribution < -0.4 is 0 Å². The molecule has 4 fully saturated rings. The van der Waals surface area contributed by atoms with Crippen LogP contribution in [-0.2, 0) is 4.79 Å². The number of rotatable bonds is 0. The van der Waals surface area contributed by atoms with Gasteiger partial charge in [-0.3, -0.25) is 4.79 Å². The normalized spacial score (nSPS) is 68.9. The standard InChI is InChI=1S/C10H12O/c11-10-7-3-6-4-1-2-5(7)8(4)9(6)10/h4-9H,1-3H2/t4-,5-,6-,7-,8+,9-/m1/s1. The van der Waals surface area contributed by atoms with Gasteiger partial charge in [0.15, 0.2) is 0 Å². The van der Waals surface area contributed by atoms with Crippen LogP contribution in [0.2, 0.25) is 0 Å². The van der Waals surface area contributed by atoms with Crippen molar-refractivity contribution in [2.24, 2.45) is 35.5 Å². The smallest absolute Gasteiger partial charge is 0.139 e. The van der Waals surface area contributed by atoms with Crippen LogP contribution in [-0.4, -0.2) is 5.78 Å². The monoisotopic (exact) mass is 148 g/mol. The SMILES string of the molecule is O=C1[C@@H]2[C@@H]3C[C@@H]1[C@H]1CC[C@H]3[C@@H]12. The van der Waals surface area contributed by atoms with E-state index in [4.69, 9.17) is 0 Å². The van der Waals surface area contributed by atoms with Crippen molar-refractivity contribution in [1.29, 1.82) is 0 Å². The van der Waals surface area contributed by atoms with Gasteiger partial charge in [-0.1, -0.05) is 0 Å². The van der Waals surface area contributed by atoms with E-state index in [1.165, 1.54) is 19.3 Å². The molecule has 4 aliphatic carbocycles. The first-order valence-electron chi connectivity index (χ1n) is 4.91. The fourth-order valence-corrected chi connectivity index (χ4v) is 4.76. The van der Waals surface area contributed by atoms with Gasteiger partial charge in [-0.15, -0.1) is 0 Å². The van der Waals surface area contributed by atoms with Crippen molar-refractivity contribution in [3.63, 3.8) is 0 Å². The molecular formula is C10H12O. The summed E-state index contributed by atoms with van der Waals surface area (Å²) in [6.07, 6.45) is 4.13. The maximum Gasteiger partial charge on any atom is 0.139 e. The van der Waals surface area contributed by atoms with Crippen molar-refractivity contribution in [2.45, 2.75) is 19.3 Å². The Balaban J connectivity index is 1.94. The van der Waals surface area contributed by atoms with Crippen LogP contribution in [0.3, 0.4) is 0 Å². The molecule has 4 rings (SSSR count). The first-order valence-corrected chi connectivity index (χ1v) is 4.91. The molecule has 1 heteroatoms. The molecule has 0 radical (unpaired) electrons. The summed E-state index contributed by atoms with van der Waals surface area (Å²) < 4.78 is 0. The zero-order chi connectivity index (χ0) is 7.16. The number of carbonyl (C=O) groups is 1. The van der Waals surface area contributed by atoms with Gasteiger partial charge in [0.2, 0.25) is 0 Å². The number of hydrogen-bond acceptors (Lipinski definition) is 1. The van der Waals surface area contributed by atoms with Crippen LogP contribution in [0.5, 0.6) is 0 Å². The van der Waals surface area contributed by atoms with E-state index in [0.717, 1.165) is 23.7 Å². The van der Waals surface area contributed by atoms with Gasteiger partial charge in [0.05, 0.1) is 0 Å². The molecule has 6 atom stereocenters. The van der Waals surface area contributed by atoms with E-state index in [0.29, 0.717) is 17.6 Å². The molecule has 2 bridgehead atoms. The van der Waals surface area contributed by atoms with Crippen LogP contribution in [0.4, 0.5) is 0 Å². The Morgan fingerprint density at radius 2 is 1.91 bits per heavy atom. The predicted molar refractivity (Wildman–Crippen MR) is 39.8 cm³/mol. The maximum absolute atomic E-state index is 11.6. The molecule has 0 heterocycles. The van der Waals surface area contributed by atoms with E-state index in [1.54, 1.807) is 0 Å². The highest BCUT2D eigenvalue weighted by molar-refractivity contribution is 5.90. The molecule has 0 unspecified atom stereocenters. The summed E-state index contributed by atoms with van der Waals surface area (Å²) in [5.74, 6) is 5.44. The van der Waals surface area contributed by atoms with E-state index in [2.05, 4.69) is 0 Å². The summed E-state index contributed by atoms with van der Waals surface area (Å²) in [5, 5.41) is 0. The lowest BCUT2D eigenvalue weighted by atomic mass is 9.56. The summed E-state index contributed by atoms with van der Waals surface area (Å²) in [6, 6.07) is 0. The highest BCUT2D eigenvalue weighted by atomic mass is 16.1. The van der Waals surface area contributed by atoms with Crippen molar-refractivity contribution in [3.8, 4) is 0 Å². The average molecular weight is 148 g/mol. The fourth-order valence-electron chi connectivity index (χ4n) is 4.76. The second kappa shape index (κ2) is 1.30. The van der Waals surface area contributed by atoms with Crippen LogP contribution >= 0.6 is 0 Å². The van der Waals surface area contributed by atoms with Crippen molar-refractivity contribution in [1.82, 2.24) is 0 Å². The number of carbonyl (C=O) groups excluding carboxylic acids is 1. The molecule has 4 saturated carbocycles. The van der Waals surface area contributed by atoms with Crippen LogP contribution in [0, 0.1) is 35.5 Å². The zero-order valence-corrected chi connectivity index (χ0v) is 6.49. The maximum atomic E-state index is 11.6. The van der Waals surface area contributed by atoms with Crippen LogP contribution in [0.15, 0.2) is 0 Å². The Morgan fingerprint density at radius 1 is 1.09 bits per heavy atom. The van der Waals surface area contributed by atoms with E-state index in [-0.39, 0.29) is 0 Å². The molecule has 4 aliphatic rings. The zero-order valence-electron chi connectivity index (χ0n) is 6.49. The van der Waals surface area contributed by atoms with Crippen molar-refractivity contribution < 1.29 is 4.79 Å². The Hall–Kier alpha value is -0.330. The molecule has 0 amide bonds. The van der Waals surface area contributed by atoms with Gasteiger partial charge >= 0.3 is 0 Å². The summed E-state index contributed by atoms with van der Waals surface area (Å²) >= 11 is 0. The lowest BCUT2D eigenvalue weighted by molar-refractivity contribution is -0.125. The minimum absolute atomic E-state index is 0.550. The number of fused-ring (bicyclic) bond motifs is 3. The first-order chi connectivity index (χ1) is 5.38. The first kappa shape index (κ1) is 5.34. The number of hydrogen-bond donors (Lipinski definition) is 0.